The predicted molar refractivity (Wildman–Crippen MR) is 91.1 cm³/mol. The molecule has 24 heavy (non-hydrogen) atoms. The fraction of sp³-hybridized carbons (Fsp3) is 0.412. The number of carbonyl (C=O) groups excluding carboxylic acids is 1. The molecule has 1 aromatic heterocycles. The molecule has 0 saturated heterocycles. The fourth-order valence-electron chi connectivity index (χ4n) is 2.53. The zero-order valence-electron chi connectivity index (χ0n) is 13.2. The van der Waals surface area contributed by atoms with Crippen molar-refractivity contribution in [3.05, 3.63) is 29.3 Å². The van der Waals surface area contributed by atoms with Gasteiger partial charge in [-0.15, -0.1) is 11.3 Å². The second-order valence-electron chi connectivity index (χ2n) is 5.95. The first-order valence-corrected chi connectivity index (χ1v) is 9.00. The van der Waals surface area contributed by atoms with Crippen LogP contribution in [-0.2, 0) is 11.3 Å². The van der Waals surface area contributed by atoms with Gasteiger partial charge >= 0.3 is 0 Å². The highest BCUT2D eigenvalue weighted by atomic mass is 32.1. The van der Waals surface area contributed by atoms with E-state index in [0.717, 1.165) is 47.2 Å². The van der Waals surface area contributed by atoms with Crippen LogP contribution in [0.2, 0.25) is 0 Å². The predicted octanol–water partition coefficient (Wildman–Crippen LogP) is 2.15. The molecule has 7 heteroatoms. The average molecular weight is 345 g/mol. The molecule has 2 aliphatic rings. The Kier molecular flexibility index (Phi) is 4.36. The number of nitrogens with one attached hydrogen (secondary N) is 2. The van der Waals surface area contributed by atoms with Crippen LogP contribution in [0.5, 0.6) is 11.5 Å². The van der Waals surface area contributed by atoms with Crippen molar-refractivity contribution in [2.75, 3.05) is 19.9 Å². The summed E-state index contributed by atoms with van der Waals surface area (Å²) >= 11 is 1.61. The molecule has 126 valence electrons. The lowest BCUT2D eigenvalue weighted by Gasteiger charge is -2.05. The molecular weight excluding hydrogens is 326 g/mol. The molecule has 2 aromatic rings. The minimum atomic E-state index is 0.190. The minimum Gasteiger partial charge on any atom is -0.454 e. The van der Waals surface area contributed by atoms with Crippen LogP contribution in [0.15, 0.2) is 23.6 Å². The zero-order valence-corrected chi connectivity index (χ0v) is 14.0. The Morgan fingerprint density at radius 3 is 3.00 bits per heavy atom. The number of thiazole rings is 1. The van der Waals surface area contributed by atoms with Gasteiger partial charge in [-0.1, -0.05) is 0 Å². The first-order valence-electron chi connectivity index (χ1n) is 8.12. The van der Waals surface area contributed by atoms with Crippen molar-refractivity contribution in [1.82, 2.24) is 15.6 Å². The summed E-state index contributed by atoms with van der Waals surface area (Å²) in [6.07, 6.45) is 2.08. The van der Waals surface area contributed by atoms with Crippen LogP contribution in [0.4, 0.5) is 0 Å². The maximum Gasteiger partial charge on any atom is 0.231 e. The number of nitrogens with zero attached hydrogens (tertiary/aromatic N) is 1. The lowest BCUT2D eigenvalue weighted by molar-refractivity contribution is -0.122. The van der Waals surface area contributed by atoms with Crippen molar-refractivity contribution in [1.29, 1.82) is 0 Å². The van der Waals surface area contributed by atoms with Crippen molar-refractivity contribution in [2.24, 2.45) is 5.92 Å². The average Bonchev–Trinajstić information content (AvgIpc) is 3.16. The van der Waals surface area contributed by atoms with Crippen molar-refractivity contribution >= 4 is 17.2 Å². The summed E-state index contributed by atoms with van der Waals surface area (Å²) in [5, 5.41) is 9.26. The summed E-state index contributed by atoms with van der Waals surface area (Å²) in [6.45, 7) is 2.38. The first kappa shape index (κ1) is 15.4. The van der Waals surface area contributed by atoms with E-state index in [1.54, 1.807) is 11.3 Å². The van der Waals surface area contributed by atoms with Gasteiger partial charge in [0.25, 0.3) is 0 Å². The monoisotopic (exact) mass is 345 g/mol. The molecule has 0 radical (unpaired) electrons. The zero-order chi connectivity index (χ0) is 16.4. The highest BCUT2D eigenvalue weighted by Crippen LogP contribution is 2.36. The second-order valence-corrected chi connectivity index (χ2v) is 6.81. The number of hydrogen-bond acceptors (Lipinski definition) is 6. The van der Waals surface area contributed by atoms with E-state index in [1.807, 2.05) is 18.2 Å². The van der Waals surface area contributed by atoms with Crippen LogP contribution in [0, 0.1) is 5.92 Å². The normalized spacial score (nSPS) is 15.5. The fourth-order valence-corrected chi connectivity index (χ4v) is 3.35. The van der Waals surface area contributed by atoms with Crippen molar-refractivity contribution in [2.45, 2.75) is 19.4 Å². The Hall–Kier alpha value is -2.12. The molecule has 1 aliphatic carbocycles. The molecule has 4 rings (SSSR count). The van der Waals surface area contributed by atoms with Crippen LogP contribution >= 0.6 is 11.3 Å². The summed E-state index contributed by atoms with van der Waals surface area (Å²) in [5.74, 6) is 2.02. The Labute approximate surface area is 144 Å². The summed E-state index contributed by atoms with van der Waals surface area (Å²) in [5.41, 5.74) is 2.04. The first-order chi connectivity index (χ1) is 11.8. The van der Waals surface area contributed by atoms with Crippen LogP contribution in [0.25, 0.3) is 10.6 Å². The summed E-state index contributed by atoms with van der Waals surface area (Å²) < 4.78 is 10.7. The molecule has 1 amide bonds. The minimum absolute atomic E-state index is 0.190. The molecule has 0 bridgehead atoms. The van der Waals surface area contributed by atoms with E-state index in [-0.39, 0.29) is 18.6 Å². The largest absolute Gasteiger partial charge is 0.454 e. The van der Waals surface area contributed by atoms with Gasteiger partial charge in [-0.05, 0) is 31.0 Å². The molecular formula is C17H19N3O3S. The van der Waals surface area contributed by atoms with Crippen molar-refractivity contribution in [3.63, 3.8) is 0 Å². The van der Waals surface area contributed by atoms with Crippen LogP contribution in [0.3, 0.4) is 0 Å². The molecule has 1 aromatic carbocycles. The van der Waals surface area contributed by atoms with E-state index in [4.69, 9.17) is 9.47 Å². The molecule has 1 fully saturated rings. The number of rotatable bonds is 7. The number of ether oxygens (including phenoxy) is 2. The van der Waals surface area contributed by atoms with Crippen LogP contribution in [0.1, 0.15) is 18.5 Å². The van der Waals surface area contributed by atoms with Crippen molar-refractivity contribution < 1.29 is 14.3 Å². The van der Waals surface area contributed by atoms with E-state index in [0.29, 0.717) is 13.1 Å². The second kappa shape index (κ2) is 6.78. The van der Waals surface area contributed by atoms with Gasteiger partial charge in [0.05, 0.1) is 5.69 Å². The van der Waals surface area contributed by atoms with Gasteiger partial charge in [0.1, 0.15) is 5.01 Å². The van der Waals surface area contributed by atoms with Gasteiger partial charge < -0.3 is 20.1 Å². The maximum atomic E-state index is 11.5. The number of hydrogen-bond donors (Lipinski definition) is 2. The molecule has 0 atom stereocenters. The van der Waals surface area contributed by atoms with Gasteiger partial charge in [0, 0.05) is 36.5 Å². The molecule has 1 aliphatic heterocycles. The molecule has 2 heterocycles. The Bertz CT molecular complexity index is 742. The molecule has 2 N–H and O–H groups in total. The number of fused-ring (bicyclic) bond motifs is 1. The van der Waals surface area contributed by atoms with Gasteiger partial charge in [-0.2, -0.15) is 0 Å². The van der Waals surface area contributed by atoms with E-state index in [9.17, 15) is 4.79 Å². The van der Waals surface area contributed by atoms with Gasteiger partial charge in [0.15, 0.2) is 11.5 Å². The third-order valence-electron chi connectivity index (χ3n) is 4.03. The summed E-state index contributed by atoms with van der Waals surface area (Å²) in [6, 6.07) is 5.88. The molecule has 0 spiro atoms. The quantitative estimate of drug-likeness (QED) is 0.753. The van der Waals surface area contributed by atoms with Crippen LogP contribution < -0.4 is 20.1 Å². The van der Waals surface area contributed by atoms with E-state index < -0.39 is 0 Å². The topological polar surface area (TPSA) is 72.5 Å². The number of aromatic nitrogens is 1. The summed E-state index contributed by atoms with van der Waals surface area (Å²) in [7, 11) is 0. The number of carbonyl (C=O) groups is 1. The Balaban J connectivity index is 1.26. The standard InChI is InChI=1S/C17H19N3O3S/c21-16(11-1-2-11)19-6-5-18-8-13-9-24-17(20-13)12-3-4-14-15(7-12)23-10-22-14/h3-4,7,9,11,18H,1-2,5-6,8,10H2,(H,19,21). The van der Waals surface area contributed by atoms with E-state index in [2.05, 4.69) is 21.0 Å². The number of amides is 1. The lowest BCUT2D eigenvalue weighted by atomic mass is 10.2. The Morgan fingerprint density at radius 2 is 2.12 bits per heavy atom. The SMILES string of the molecule is O=C(NCCNCc1csc(-c2ccc3c(c2)OCO3)n1)C1CC1. The molecule has 0 unspecified atom stereocenters. The highest BCUT2D eigenvalue weighted by molar-refractivity contribution is 7.13. The van der Waals surface area contributed by atoms with Gasteiger partial charge in [-0.25, -0.2) is 4.98 Å². The summed E-state index contributed by atoms with van der Waals surface area (Å²) in [4.78, 5) is 16.2. The third kappa shape index (κ3) is 3.52. The van der Waals surface area contributed by atoms with E-state index >= 15 is 0 Å². The highest BCUT2D eigenvalue weighted by Gasteiger charge is 2.28. The van der Waals surface area contributed by atoms with E-state index in [1.165, 1.54) is 0 Å². The molecule has 6 nitrogen and oxygen atoms in total. The third-order valence-corrected chi connectivity index (χ3v) is 4.97. The maximum absolute atomic E-state index is 11.5. The Morgan fingerprint density at radius 1 is 1.25 bits per heavy atom. The van der Waals surface area contributed by atoms with Crippen LogP contribution in [-0.4, -0.2) is 30.8 Å². The lowest BCUT2D eigenvalue weighted by Crippen LogP contribution is -2.32. The van der Waals surface area contributed by atoms with Gasteiger partial charge in [0.2, 0.25) is 12.7 Å². The number of benzene rings is 1. The van der Waals surface area contributed by atoms with Gasteiger partial charge in [-0.3, -0.25) is 4.79 Å². The molecule has 1 saturated carbocycles. The smallest absolute Gasteiger partial charge is 0.231 e. The van der Waals surface area contributed by atoms with Crippen molar-refractivity contribution in [3.8, 4) is 22.1 Å².